The summed E-state index contributed by atoms with van der Waals surface area (Å²) in [5, 5.41) is 0. The molecule has 24 heavy (non-hydrogen) atoms. The molecular formula is C16H12F3N3OS. The lowest BCUT2D eigenvalue weighted by atomic mass is 10.1. The molecule has 2 amide bonds. The molecule has 0 atom stereocenters. The Morgan fingerprint density at radius 3 is 2.50 bits per heavy atom. The first-order valence-electron chi connectivity index (χ1n) is 6.91. The van der Waals surface area contributed by atoms with Gasteiger partial charge in [0.1, 0.15) is 0 Å². The zero-order valence-corrected chi connectivity index (χ0v) is 13.1. The Balaban J connectivity index is 1.93. The number of nitrogens with zero attached hydrogens (tertiary/aromatic N) is 2. The van der Waals surface area contributed by atoms with E-state index in [0.29, 0.717) is 11.3 Å². The molecule has 4 nitrogen and oxygen atoms in total. The van der Waals surface area contributed by atoms with Crippen LogP contribution in [0.4, 0.5) is 23.7 Å². The molecule has 2 N–H and O–H groups in total. The first-order chi connectivity index (χ1) is 11.4. The van der Waals surface area contributed by atoms with Gasteiger partial charge in [-0.3, -0.25) is 4.90 Å². The van der Waals surface area contributed by atoms with E-state index in [9.17, 15) is 18.0 Å². The van der Waals surface area contributed by atoms with Gasteiger partial charge in [0.25, 0.3) is 0 Å². The Labute approximate surface area is 139 Å². The van der Waals surface area contributed by atoms with Crippen molar-refractivity contribution in [2.45, 2.75) is 12.7 Å². The van der Waals surface area contributed by atoms with Crippen molar-refractivity contribution >= 4 is 33.3 Å². The topological polar surface area (TPSA) is 59.2 Å². The average Bonchev–Trinajstić information content (AvgIpc) is 3.00. The summed E-state index contributed by atoms with van der Waals surface area (Å²) in [4.78, 5) is 17.4. The molecule has 0 saturated heterocycles. The van der Waals surface area contributed by atoms with Crippen molar-refractivity contribution in [3.05, 3.63) is 59.1 Å². The van der Waals surface area contributed by atoms with Gasteiger partial charge < -0.3 is 5.73 Å². The molecule has 1 heterocycles. The van der Waals surface area contributed by atoms with E-state index in [1.54, 1.807) is 17.6 Å². The number of hydrogen-bond acceptors (Lipinski definition) is 3. The minimum Gasteiger partial charge on any atom is -0.351 e. The van der Waals surface area contributed by atoms with E-state index in [4.69, 9.17) is 5.73 Å². The van der Waals surface area contributed by atoms with E-state index in [0.717, 1.165) is 22.3 Å². The number of urea groups is 1. The Morgan fingerprint density at radius 2 is 1.88 bits per heavy atom. The number of rotatable bonds is 3. The Morgan fingerprint density at radius 1 is 1.17 bits per heavy atom. The highest BCUT2D eigenvalue weighted by Gasteiger charge is 2.30. The Kier molecular flexibility index (Phi) is 4.15. The number of alkyl halides is 3. The molecule has 0 fully saturated rings. The second-order valence-corrected chi connectivity index (χ2v) is 5.95. The highest BCUT2D eigenvalue weighted by atomic mass is 32.1. The molecule has 0 unspecified atom stereocenters. The third-order valence-corrected chi connectivity index (χ3v) is 4.38. The zero-order chi connectivity index (χ0) is 17.3. The molecule has 3 aromatic rings. The minimum atomic E-state index is -4.39. The molecule has 3 rings (SSSR count). The summed E-state index contributed by atoms with van der Waals surface area (Å²) in [6.45, 7) is 0.0739. The molecule has 0 saturated carbocycles. The maximum Gasteiger partial charge on any atom is 0.416 e. The van der Waals surface area contributed by atoms with Crippen molar-refractivity contribution in [2.75, 3.05) is 4.90 Å². The van der Waals surface area contributed by atoms with Crippen LogP contribution in [0.15, 0.2) is 48.0 Å². The first-order valence-corrected chi connectivity index (χ1v) is 7.79. The molecule has 8 heteroatoms. The van der Waals surface area contributed by atoms with Crippen LogP contribution in [0.2, 0.25) is 0 Å². The molecule has 0 aliphatic carbocycles. The predicted molar refractivity (Wildman–Crippen MR) is 86.8 cm³/mol. The van der Waals surface area contributed by atoms with Crippen molar-refractivity contribution in [1.82, 2.24) is 4.98 Å². The van der Waals surface area contributed by atoms with Gasteiger partial charge in [-0.2, -0.15) is 13.2 Å². The summed E-state index contributed by atoms with van der Waals surface area (Å²) in [6.07, 6.45) is -4.39. The van der Waals surface area contributed by atoms with Crippen molar-refractivity contribution in [3.63, 3.8) is 0 Å². The van der Waals surface area contributed by atoms with Gasteiger partial charge in [0.2, 0.25) is 0 Å². The lowest BCUT2D eigenvalue weighted by molar-refractivity contribution is -0.137. The number of anilines is 1. The predicted octanol–water partition coefficient (Wildman–Crippen LogP) is 4.40. The molecule has 1 aromatic heterocycles. The maximum absolute atomic E-state index is 12.6. The molecule has 124 valence electrons. The van der Waals surface area contributed by atoms with Gasteiger partial charge in [-0.25, -0.2) is 9.78 Å². The van der Waals surface area contributed by atoms with Crippen LogP contribution in [-0.2, 0) is 12.7 Å². The largest absolute Gasteiger partial charge is 0.416 e. The minimum absolute atomic E-state index is 0.0739. The summed E-state index contributed by atoms with van der Waals surface area (Å²) in [5.41, 5.74) is 8.25. The maximum atomic E-state index is 12.6. The van der Waals surface area contributed by atoms with Gasteiger partial charge in [-0.1, -0.05) is 18.2 Å². The number of thiazole rings is 1. The van der Waals surface area contributed by atoms with Crippen LogP contribution in [0, 0.1) is 0 Å². The van der Waals surface area contributed by atoms with E-state index in [-0.39, 0.29) is 6.54 Å². The van der Waals surface area contributed by atoms with Crippen LogP contribution in [0.25, 0.3) is 10.2 Å². The van der Waals surface area contributed by atoms with Crippen LogP contribution in [-0.4, -0.2) is 11.0 Å². The number of halogens is 3. The fourth-order valence-electron chi connectivity index (χ4n) is 2.35. The van der Waals surface area contributed by atoms with Crippen LogP contribution in [0.5, 0.6) is 0 Å². The molecule has 0 aliphatic rings. The highest BCUT2D eigenvalue weighted by Crippen LogP contribution is 2.32. The van der Waals surface area contributed by atoms with Gasteiger partial charge in [-0.05, 0) is 29.8 Å². The van der Waals surface area contributed by atoms with Crippen LogP contribution >= 0.6 is 11.3 Å². The van der Waals surface area contributed by atoms with Gasteiger partial charge in [-0.15, -0.1) is 11.3 Å². The summed E-state index contributed by atoms with van der Waals surface area (Å²) in [5.74, 6) is 0. The van der Waals surface area contributed by atoms with Gasteiger partial charge >= 0.3 is 12.2 Å². The summed E-state index contributed by atoms with van der Waals surface area (Å²) < 4.78 is 38.7. The normalized spacial score (nSPS) is 11.6. The zero-order valence-electron chi connectivity index (χ0n) is 12.2. The lowest BCUT2D eigenvalue weighted by Crippen LogP contribution is -2.35. The number of nitrogens with two attached hydrogens (primary N) is 1. The number of carbonyl (C=O) groups is 1. The van der Waals surface area contributed by atoms with E-state index in [2.05, 4.69) is 4.98 Å². The van der Waals surface area contributed by atoms with Crippen LogP contribution < -0.4 is 10.6 Å². The second kappa shape index (κ2) is 6.12. The number of fused-ring (bicyclic) bond motifs is 1. The SMILES string of the molecule is NC(=O)N(Cc1ccc(C(F)(F)F)cc1)c1cccc2ncsc12. The fraction of sp³-hybridized carbons (Fsp3) is 0.125. The van der Waals surface area contributed by atoms with E-state index >= 15 is 0 Å². The molecular weight excluding hydrogens is 339 g/mol. The van der Waals surface area contributed by atoms with Gasteiger partial charge in [0, 0.05) is 0 Å². The van der Waals surface area contributed by atoms with Crippen molar-refractivity contribution < 1.29 is 18.0 Å². The smallest absolute Gasteiger partial charge is 0.351 e. The van der Waals surface area contributed by atoms with Crippen LogP contribution in [0.3, 0.4) is 0 Å². The second-order valence-electron chi connectivity index (χ2n) is 5.10. The fourth-order valence-corrected chi connectivity index (χ4v) is 3.16. The monoisotopic (exact) mass is 351 g/mol. The molecule has 0 spiro atoms. The number of benzene rings is 2. The van der Waals surface area contributed by atoms with E-state index in [1.165, 1.54) is 28.4 Å². The van der Waals surface area contributed by atoms with Crippen molar-refractivity contribution in [2.24, 2.45) is 5.73 Å². The molecule has 0 radical (unpaired) electrons. The third kappa shape index (κ3) is 3.18. The van der Waals surface area contributed by atoms with E-state index in [1.807, 2.05) is 6.07 Å². The standard InChI is InChI=1S/C16H12F3N3OS/c17-16(18,19)11-6-4-10(5-7-11)8-22(15(20)23)13-3-1-2-12-14(13)24-9-21-12/h1-7,9H,8H2,(H2,20,23). The quantitative estimate of drug-likeness (QED) is 0.760. The number of carbonyl (C=O) groups excluding carboxylic acids is 1. The molecule has 0 aliphatic heterocycles. The van der Waals surface area contributed by atoms with Crippen LogP contribution in [0.1, 0.15) is 11.1 Å². The lowest BCUT2D eigenvalue weighted by Gasteiger charge is -2.21. The summed E-state index contributed by atoms with van der Waals surface area (Å²) >= 11 is 1.37. The third-order valence-electron chi connectivity index (χ3n) is 3.51. The number of aromatic nitrogens is 1. The summed E-state index contributed by atoms with van der Waals surface area (Å²) in [6, 6.07) is 9.26. The summed E-state index contributed by atoms with van der Waals surface area (Å²) in [7, 11) is 0. The molecule has 2 aromatic carbocycles. The van der Waals surface area contributed by atoms with Crippen molar-refractivity contribution in [3.8, 4) is 0 Å². The Hall–Kier alpha value is -2.61. The first kappa shape index (κ1) is 16.3. The molecule has 0 bridgehead atoms. The van der Waals surface area contributed by atoms with E-state index < -0.39 is 17.8 Å². The Bertz CT molecular complexity index is 874. The number of primary amides is 1. The highest BCUT2D eigenvalue weighted by molar-refractivity contribution is 7.17. The number of amides is 2. The van der Waals surface area contributed by atoms with Crippen molar-refractivity contribution in [1.29, 1.82) is 0 Å². The van der Waals surface area contributed by atoms with Gasteiger partial charge in [0.05, 0.1) is 33.5 Å². The van der Waals surface area contributed by atoms with Gasteiger partial charge in [0.15, 0.2) is 0 Å². The average molecular weight is 351 g/mol. The number of hydrogen-bond donors (Lipinski definition) is 1.